The van der Waals surface area contributed by atoms with Gasteiger partial charge in [0.25, 0.3) is 0 Å². The van der Waals surface area contributed by atoms with Crippen molar-refractivity contribution in [1.29, 1.82) is 0 Å². The fourth-order valence-electron chi connectivity index (χ4n) is 4.08. The molecule has 1 aliphatic rings. The van der Waals surface area contributed by atoms with Gasteiger partial charge in [-0.1, -0.05) is 48.5 Å². The summed E-state index contributed by atoms with van der Waals surface area (Å²) in [5.41, 5.74) is 2.00. The standard InChI is InChI=1S/C23H23F3N2O.2ClH/c1-16(21-11-4-7-17-6-2-3-10-22(17)21)27-18-12-13-28(15-18)19-8-5-9-20(14-19)29-23(24,25)26;;/h2-11,14,16,18,27H,12-13,15H2,1H3;2*1H/t16-,18+;;/m1../s1. The quantitative estimate of drug-likeness (QED) is 0.457. The molecule has 0 bridgehead atoms. The molecule has 0 aromatic heterocycles. The Labute approximate surface area is 192 Å². The van der Waals surface area contributed by atoms with Gasteiger partial charge < -0.3 is 15.0 Å². The zero-order chi connectivity index (χ0) is 20.4. The Balaban J connectivity index is 0.00000171. The summed E-state index contributed by atoms with van der Waals surface area (Å²) in [7, 11) is 0. The number of halogens is 5. The van der Waals surface area contributed by atoms with Crippen LogP contribution in [-0.2, 0) is 0 Å². The molecular weight excluding hydrogens is 448 g/mol. The summed E-state index contributed by atoms with van der Waals surface area (Å²) in [4.78, 5) is 2.09. The molecule has 1 fully saturated rings. The monoisotopic (exact) mass is 472 g/mol. The highest BCUT2D eigenvalue weighted by Crippen LogP contribution is 2.30. The van der Waals surface area contributed by atoms with Crippen molar-refractivity contribution in [2.45, 2.75) is 31.8 Å². The van der Waals surface area contributed by atoms with Crippen LogP contribution in [0.5, 0.6) is 5.75 Å². The van der Waals surface area contributed by atoms with Crippen LogP contribution in [0, 0.1) is 0 Å². The summed E-state index contributed by atoms with van der Waals surface area (Å²) in [6, 6.07) is 21.3. The topological polar surface area (TPSA) is 24.5 Å². The number of fused-ring (bicyclic) bond motifs is 1. The van der Waals surface area contributed by atoms with Crippen molar-refractivity contribution in [3.8, 4) is 5.75 Å². The van der Waals surface area contributed by atoms with Gasteiger partial charge >= 0.3 is 6.36 Å². The van der Waals surface area contributed by atoms with Crippen molar-refractivity contribution in [1.82, 2.24) is 5.32 Å². The van der Waals surface area contributed by atoms with E-state index in [4.69, 9.17) is 0 Å². The number of benzene rings is 3. The van der Waals surface area contributed by atoms with Crippen LogP contribution in [0.3, 0.4) is 0 Å². The summed E-state index contributed by atoms with van der Waals surface area (Å²) in [6.07, 6.45) is -3.75. The minimum absolute atomic E-state index is 0. The summed E-state index contributed by atoms with van der Waals surface area (Å²) >= 11 is 0. The van der Waals surface area contributed by atoms with Crippen LogP contribution < -0.4 is 15.0 Å². The highest BCUT2D eigenvalue weighted by molar-refractivity contribution is 5.86. The van der Waals surface area contributed by atoms with Gasteiger partial charge in [0, 0.05) is 36.9 Å². The number of rotatable bonds is 5. The fourth-order valence-corrected chi connectivity index (χ4v) is 4.08. The number of hydrogen-bond acceptors (Lipinski definition) is 3. The molecule has 0 saturated carbocycles. The van der Waals surface area contributed by atoms with E-state index in [9.17, 15) is 13.2 Å². The van der Waals surface area contributed by atoms with Crippen molar-refractivity contribution >= 4 is 41.3 Å². The van der Waals surface area contributed by atoms with Crippen LogP contribution in [0.4, 0.5) is 18.9 Å². The highest BCUT2D eigenvalue weighted by atomic mass is 35.5. The van der Waals surface area contributed by atoms with Gasteiger partial charge in [0.2, 0.25) is 0 Å². The predicted molar refractivity (Wildman–Crippen MR) is 124 cm³/mol. The van der Waals surface area contributed by atoms with Gasteiger partial charge in [-0.2, -0.15) is 0 Å². The Hall–Kier alpha value is -2.15. The van der Waals surface area contributed by atoms with E-state index in [1.54, 1.807) is 6.07 Å². The lowest BCUT2D eigenvalue weighted by atomic mass is 9.99. The Morgan fingerprint density at radius 2 is 1.71 bits per heavy atom. The van der Waals surface area contributed by atoms with E-state index < -0.39 is 6.36 Å². The molecule has 0 radical (unpaired) electrons. The SMILES string of the molecule is C[C@@H](N[C@H]1CCN(c2cccc(OC(F)(F)F)c2)C1)c1cccc2ccccc12.Cl.Cl. The van der Waals surface area contributed by atoms with Gasteiger partial charge in [0.05, 0.1) is 0 Å². The first kappa shape index (κ1) is 25.1. The lowest BCUT2D eigenvalue weighted by Gasteiger charge is -2.23. The molecule has 0 aliphatic carbocycles. The zero-order valence-electron chi connectivity index (χ0n) is 16.9. The van der Waals surface area contributed by atoms with Crippen LogP contribution in [-0.4, -0.2) is 25.5 Å². The maximum absolute atomic E-state index is 12.5. The first-order valence-electron chi connectivity index (χ1n) is 9.73. The van der Waals surface area contributed by atoms with Gasteiger partial charge in [-0.3, -0.25) is 0 Å². The molecule has 4 rings (SSSR count). The first-order valence-corrected chi connectivity index (χ1v) is 9.73. The normalized spacial score (nSPS) is 17.0. The molecule has 0 unspecified atom stereocenters. The number of nitrogens with one attached hydrogen (secondary N) is 1. The third-order valence-electron chi connectivity index (χ3n) is 5.38. The van der Waals surface area contributed by atoms with Gasteiger partial charge in [0.1, 0.15) is 5.75 Å². The first-order chi connectivity index (χ1) is 13.9. The smallest absolute Gasteiger partial charge is 0.406 e. The Morgan fingerprint density at radius 1 is 1.00 bits per heavy atom. The van der Waals surface area contributed by atoms with Crippen LogP contribution in [0.15, 0.2) is 66.7 Å². The number of nitrogens with zero attached hydrogens (tertiary/aromatic N) is 1. The Morgan fingerprint density at radius 3 is 2.48 bits per heavy atom. The van der Waals surface area contributed by atoms with E-state index in [-0.39, 0.29) is 42.6 Å². The molecule has 0 spiro atoms. The maximum atomic E-state index is 12.5. The zero-order valence-corrected chi connectivity index (χ0v) is 18.6. The summed E-state index contributed by atoms with van der Waals surface area (Å²) < 4.78 is 41.5. The molecule has 3 aromatic rings. The van der Waals surface area contributed by atoms with Crippen molar-refractivity contribution in [3.63, 3.8) is 0 Å². The number of anilines is 1. The molecule has 0 amide bonds. The third-order valence-corrected chi connectivity index (χ3v) is 5.38. The van der Waals surface area contributed by atoms with E-state index in [0.717, 1.165) is 25.2 Å². The van der Waals surface area contributed by atoms with Crippen LogP contribution in [0.2, 0.25) is 0 Å². The van der Waals surface area contributed by atoms with E-state index >= 15 is 0 Å². The number of ether oxygens (including phenoxy) is 1. The Kier molecular flexibility index (Phi) is 8.46. The van der Waals surface area contributed by atoms with Crippen LogP contribution >= 0.6 is 24.8 Å². The average Bonchev–Trinajstić information content (AvgIpc) is 3.15. The molecule has 2 atom stereocenters. The second kappa shape index (κ2) is 10.4. The Bertz CT molecular complexity index is 994. The summed E-state index contributed by atoms with van der Waals surface area (Å²) in [6.45, 7) is 3.68. The average molecular weight is 473 g/mol. The molecule has 3 nitrogen and oxygen atoms in total. The predicted octanol–water partition coefficient (Wildman–Crippen LogP) is 6.51. The molecule has 168 valence electrons. The molecule has 3 aromatic carbocycles. The van der Waals surface area contributed by atoms with Crippen molar-refractivity contribution in [3.05, 3.63) is 72.3 Å². The molecule has 1 saturated heterocycles. The molecular formula is C23H25Cl2F3N2O. The van der Waals surface area contributed by atoms with E-state index in [2.05, 4.69) is 52.2 Å². The van der Waals surface area contributed by atoms with E-state index in [1.807, 2.05) is 18.2 Å². The van der Waals surface area contributed by atoms with Crippen LogP contribution in [0.25, 0.3) is 10.8 Å². The van der Waals surface area contributed by atoms with E-state index in [1.165, 1.54) is 28.5 Å². The summed E-state index contributed by atoms with van der Waals surface area (Å²) in [5, 5.41) is 6.14. The molecule has 1 heterocycles. The van der Waals surface area contributed by atoms with Crippen molar-refractivity contribution in [2.75, 3.05) is 18.0 Å². The fraction of sp³-hybridized carbons (Fsp3) is 0.304. The summed E-state index contributed by atoms with van der Waals surface area (Å²) in [5.74, 6) is -0.185. The molecule has 1 N–H and O–H groups in total. The van der Waals surface area contributed by atoms with Gasteiger partial charge in [-0.05, 0) is 41.8 Å². The lowest BCUT2D eigenvalue weighted by molar-refractivity contribution is -0.274. The minimum atomic E-state index is -4.68. The molecule has 1 aliphatic heterocycles. The van der Waals surface area contributed by atoms with Gasteiger partial charge in [0.15, 0.2) is 0 Å². The second-order valence-electron chi connectivity index (χ2n) is 7.43. The maximum Gasteiger partial charge on any atom is 0.573 e. The minimum Gasteiger partial charge on any atom is -0.406 e. The molecule has 31 heavy (non-hydrogen) atoms. The molecule has 8 heteroatoms. The lowest BCUT2D eigenvalue weighted by Crippen LogP contribution is -2.34. The van der Waals surface area contributed by atoms with Crippen LogP contribution in [0.1, 0.15) is 24.9 Å². The van der Waals surface area contributed by atoms with Gasteiger partial charge in [-0.25, -0.2) is 0 Å². The highest BCUT2D eigenvalue weighted by Gasteiger charge is 2.31. The largest absolute Gasteiger partial charge is 0.573 e. The second-order valence-corrected chi connectivity index (χ2v) is 7.43. The van der Waals surface area contributed by atoms with E-state index in [0.29, 0.717) is 0 Å². The van der Waals surface area contributed by atoms with Crippen molar-refractivity contribution < 1.29 is 17.9 Å². The third kappa shape index (κ3) is 6.19. The van der Waals surface area contributed by atoms with Crippen molar-refractivity contribution in [2.24, 2.45) is 0 Å². The number of hydrogen-bond donors (Lipinski definition) is 1. The van der Waals surface area contributed by atoms with Gasteiger partial charge in [-0.15, -0.1) is 38.0 Å². The number of alkyl halides is 3.